The highest BCUT2D eigenvalue weighted by molar-refractivity contribution is 7.99. The van der Waals surface area contributed by atoms with Crippen LogP contribution in [0.25, 0.3) is 0 Å². The molecule has 2 aromatic rings. The lowest BCUT2D eigenvalue weighted by Gasteiger charge is -2.02. The Kier molecular flexibility index (Phi) is 3.66. The molecule has 0 aliphatic rings. The highest BCUT2D eigenvalue weighted by Gasteiger charge is 2.20. The summed E-state index contributed by atoms with van der Waals surface area (Å²) in [7, 11) is 0. The van der Waals surface area contributed by atoms with E-state index in [0.717, 1.165) is 24.0 Å². The van der Waals surface area contributed by atoms with Gasteiger partial charge in [0.2, 0.25) is 0 Å². The highest BCUT2D eigenvalue weighted by atomic mass is 32.2. The van der Waals surface area contributed by atoms with Crippen molar-refractivity contribution in [2.24, 2.45) is 0 Å². The number of rotatable bonds is 4. The molecule has 0 unspecified atom stereocenters. The highest BCUT2D eigenvalue weighted by Crippen LogP contribution is 2.31. The van der Waals surface area contributed by atoms with Crippen LogP contribution in [0.15, 0.2) is 40.9 Å². The van der Waals surface area contributed by atoms with Gasteiger partial charge in [0, 0.05) is 24.7 Å². The Morgan fingerprint density at radius 3 is 2.68 bits per heavy atom. The normalized spacial score (nSPS) is 10.1. The molecule has 19 heavy (non-hydrogen) atoms. The maximum absolute atomic E-state index is 10.9. The monoisotopic (exact) mass is 278 g/mol. The van der Waals surface area contributed by atoms with Gasteiger partial charge < -0.3 is 5.11 Å². The molecule has 0 saturated carbocycles. The van der Waals surface area contributed by atoms with Crippen molar-refractivity contribution < 1.29 is 14.8 Å². The Balaban J connectivity index is 2.40. The van der Waals surface area contributed by atoms with Crippen molar-refractivity contribution in [1.29, 1.82) is 0 Å². The third-order valence-corrected chi connectivity index (χ3v) is 2.94. The summed E-state index contributed by atoms with van der Waals surface area (Å²) >= 11 is 0.944. The van der Waals surface area contributed by atoms with Crippen LogP contribution in [-0.2, 0) is 0 Å². The second-order valence-electron chi connectivity index (χ2n) is 3.26. The van der Waals surface area contributed by atoms with E-state index in [1.165, 1.54) is 18.6 Å². The molecule has 8 nitrogen and oxygen atoms in total. The summed E-state index contributed by atoms with van der Waals surface area (Å²) < 4.78 is 0. The van der Waals surface area contributed by atoms with E-state index in [1.54, 1.807) is 0 Å². The summed E-state index contributed by atoms with van der Waals surface area (Å²) in [5, 5.41) is 20.2. The Hall–Kier alpha value is -2.55. The average molecular weight is 278 g/mol. The van der Waals surface area contributed by atoms with Gasteiger partial charge >= 0.3 is 11.7 Å². The standard InChI is InChI=1S/C10H6N4O4S/c15-10(16)6-3-7(14(17)18)9(13-4-6)19-8-5-11-1-2-12-8/h1-5H,(H,15,16). The fraction of sp³-hybridized carbons (Fsp3) is 0. The van der Waals surface area contributed by atoms with Gasteiger partial charge in [0.15, 0.2) is 5.03 Å². The van der Waals surface area contributed by atoms with E-state index in [9.17, 15) is 14.9 Å². The van der Waals surface area contributed by atoms with Gasteiger partial charge in [-0.3, -0.25) is 15.1 Å². The van der Waals surface area contributed by atoms with E-state index < -0.39 is 10.9 Å². The predicted molar refractivity (Wildman–Crippen MR) is 64.0 cm³/mol. The molecule has 2 rings (SSSR count). The van der Waals surface area contributed by atoms with E-state index in [-0.39, 0.29) is 16.3 Å². The van der Waals surface area contributed by atoms with Crippen LogP contribution in [0.4, 0.5) is 5.69 Å². The maximum Gasteiger partial charge on any atom is 0.337 e. The quantitative estimate of drug-likeness (QED) is 0.661. The first-order valence-corrected chi connectivity index (χ1v) is 5.71. The number of hydrogen-bond donors (Lipinski definition) is 1. The van der Waals surface area contributed by atoms with E-state index >= 15 is 0 Å². The lowest BCUT2D eigenvalue weighted by molar-refractivity contribution is -0.388. The second-order valence-corrected chi connectivity index (χ2v) is 4.27. The number of nitrogens with zero attached hydrogens (tertiary/aromatic N) is 4. The van der Waals surface area contributed by atoms with Crippen LogP contribution in [0.1, 0.15) is 10.4 Å². The molecule has 0 amide bonds. The van der Waals surface area contributed by atoms with Crippen LogP contribution < -0.4 is 0 Å². The minimum absolute atomic E-state index is 0.0653. The smallest absolute Gasteiger partial charge is 0.337 e. The fourth-order valence-electron chi connectivity index (χ4n) is 1.20. The van der Waals surface area contributed by atoms with Crippen LogP contribution in [-0.4, -0.2) is 31.0 Å². The Bertz CT molecular complexity index is 635. The van der Waals surface area contributed by atoms with Crippen molar-refractivity contribution >= 4 is 23.4 Å². The molecule has 0 spiro atoms. The SMILES string of the molecule is O=C(O)c1cnc(Sc2cnccn2)c([N+](=O)[O-])c1. The molecule has 0 aliphatic heterocycles. The van der Waals surface area contributed by atoms with Crippen molar-refractivity contribution in [3.63, 3.8) is 0 Å². The average Bonchev–Trinajstić information content (AvgIpc) is 2.39. The molecule has 2 heterocycles. The van der Waals surface area contributed by atoms with Crippen molar-refractivity contribution in [3.05, 3.63) is 46.5 Å². The number of carbonyl (C=O) groups is 1. The number of hydrogen-bond acceptors (Lipinski definition) is 7. The van der Waals surface area contributed by atoms with Gasteiger partial charge in [-0.05, 0) is 11.8 Å². The van der Waals surface area contributed by atoms with Gasteiger partial charge in [-0.25, -0.2) is 14.8 Å². The van der Waals surface area contributed by atoms with E-state index in [0.29, 0.717) is 5.03 Å². The number of aromatic carboxylic acids is 1. The summed E-state index contributed by atoms with van der Waals surface area (Å²) in [5.74, 6) is -1.27. The molecule has 0 saturated heterocycles. The summed E-state index contributed by atoms with van der Waals surface area (Å²) in [5.41, 5.74) is -0.620. The topological polar surface area (TPSA) is 119 Å². The van der Waals surface area contributed by atoms with Gasteiger partial charge in [-0.1, -0.05) is 0 Å². The van der Waals surface area contributed by atoms with Gasteiger partial charge in [-0.15, -0.1) is 0 Å². The Morgan fingerprint density at radius 1 is 1.32 bits per heavy atom. The van der Waals surface area contributed by atoms with Crippen molar-refractivity contribution in [2.75, 3.05) is 0 Å². The predicted octanol–water partition coefficient (Wildman–Crippen LogP) is 1.63. The number of carboxylic acid groups (broad SMARTS) is 1. The molecule has 0 aliphatic carbocycles. The van der Waals surface area contributed by atoms with E-state index in [1.807, 2.05) is 0 Å². The van der Waals surface area contributed by atoms with Crippen LogP contribution in [0.5, 0.6) is 0 Å². The van der Waals surface area contributed by atoms with Crippen LogP contribution in [0, 0.1) is 10.1 Å². The van der Waals surface area contributed by atoms with Crippen LogP contribution in [0.2, 0.25) is 0 Å². The van der Waals surface area contributed by atoms with Crippen molar-refractivity contribution in [2.45, 2.75) is 10.1 Å². The molecule has 0 fully saturated rings. The zero-order valence-electron chi connectivity index (χ0n) is 9.26. The largest absolute Gasteiger partial charge is 0.478 e. The van der Waals surface area contributed by atoms with E-state index in [2.05, 4.69) is 15.0 Å². The summed E-state index contributed by atoms with van der Waals surface area (Å²) in [6.45, 7) is 0. The van der Waals surface area contributed by atoms with Crippen molar-refractivity contribution in [1.82, 2.24) is 15.0 Å². The minimum Gasteiger partial charge on any atom is -0.478 e. The van der Waals surface area contributed by atoms with Gasteiger partial charge in [0.25, 0.3) is 0 Å². The molecule has 2 aromatic heterocycles. The molecule has 1 N–H and O–H groups in total. The van der Waals surface area contributed by atoms with Gasteiger partial charge in [0.1, 0.15) is 5.03 Å². The fourth-order valence-corrected chi connectivity index (χ4v) is 1.97. The zero-order chi connectivity index (χ0) is 13.8. The first-order valence-electron chi connectivity index (χ1n) is 4.89. The molecule has 9 heteroatoms. The van der Waals surface area contributed by atoms with Crippen LogP contribution in [0.3, 0.4) is 0 Å². The second kappa shape index (κ2) is 5.40. The lowest BCUT2D eigenvalue weighted by Crippen LogP contribution is -2.01. The van der Waals surface area contributed by atoms with Crippen molar-refractivity contribution in [3.8, 4) is 0 Å². The zero-order valence-corrected chi connectivity index (χ0v) is 10.1. The number of nitro groups is 1. The molecule has 0 radical (unpaired) electrons. The number of aromatic nitrogens is 3. The number of carboxylic acids is 1. The van der Waals surface area contributed by atoms with Gasteiger partial charge in [0.05, 0.1) is 16.7 Å². The first-order chi connectivity index (χ1) is 9.08. The molecule has 0 atom stereocenters. The van der Waals surface area contributed by atoms with Gasteiger partial charge in [-0.2, -0.15) is 0 Å². The molecule has 0 bridgehead atoms. The summed E-state index contributed by atoms with van der Waals surface area (Å²) in [6.07, 6.45) is 5.41. The van der Waals surface area contributed by atoms with Crippen LogP contribution >= 0.6 is 11.8 Å². The molecular formula is C10H6N4O4S. The third kappa shape index (κ3) is 3.01. The molecular weight excluding hydrogens is 272 g/mol. The molecule has 96 valence electrons. The van der Waals surface area contributed by atoms with E-state index in [4.69, 9.17) is 5.11 Å². The lowest BCUT2D eigenvalue weighted by atomic mass is 10.3. The third-order valence-electron chi connectivity index (χ3n) is 2.02. The summed E-state index contributed by atoms with van der Waals surface area (Å²) in [4.78, 5) is 32.5. The Morgan fingerprint density at radius 2 is 2.11 bits per heavy atom. The first kappa shape index (κ1) is 12.9. The minimum atomic E-state index is -1.27. The number of pyridine rings is 1. The maximum atomic E-state index is 10.9. The Labute approximate surface area is 110 Å². The molecule has 0 aromatic carbocycles. The summed E-state index contributed by atoms with van der Waals surface area (Å²) in [6, 6.07) is 0.966.